The summed E-state index contributed by atoms with van der Waals surface area (Å²) in [5.41, 5.74) is 4.51. The molecule has 0 nitrogen and oxygen atoms in total. The maximum atomic E-state index is 3.74. The molecule has 64 valence electrons. The van der Waals surface area contributed by atoms with E-state index in [9.17, 15) is 0 Å². The lowest BCUT2D eigenvalue weighted by Gasteiger charge is -2.06. The van der Waals surface area contributed by atoms with Crippen LogP contribution < -0.4 is 0 Å². The molecule has 2 atom stereocenters. The van der Waals surface area contributed by atoms with E-state index in [2.05, 4.69) is 48.0 Å². The van der Waals surface area contributed by atoms with Crippen LogP contribution in [0, 0.1) is 12.8 Å². The second kappa shape index (κ2) is 2.88. The molecule has 0 radical (unpaired) electrons. The van der Waals surface area contributed by atoms with Crippen molar-refractivity contribution in [2.24, 2.45) is 5.92 Å². The van der Waals surface area contributed by atoms with Gasteiger partial charge in [-0.15, -0.1) is 0 Å². The van der Waals surface area contributed by atoms with Crippen LogP contribution in [0.5, 0.6) is 0 Å². The molecule has 0 heterocycles. The third-order valence-electron chi connectivity index (χ3n) is 2.77. The molecule has 2 rings (SSSR count). The molecular weight excluding hydrogens is 212 g/mol. The minimum absolute atomic E-state index is 0.576. The summed E-state index contributed by atoms with van der Waals surface area (Å²) in [7, 11) is 0. The molecule has 0 saturated heterocycles. The molecule has 0 N–H and O–H groups in total. The van der Waals surface area contributed by atoms with Crippen LogP contribution in [0.3, 0.4) is 0 Å². The Kier molecular flexibility index (Phi) is 1.99. The highest BCUT2D eigenvalue weighted by atomic mass is 79.9. The lowest BCUT2D eigenvalue weighted by Crippen LogP contribution is -1.93. The van der Waals surface area contributed by atoms with Crippen molar-refractivity contribution >= 4 is 15.9 Å². The molecule has 1 aromatic rings. The number of fused-ring (bicyclic) bond motifs is 1. The average Bonchev–Trinajstić information content (AvgIpc) is 2.32. The molecular formula is C11H13Br. The van der Waals surface area contributed by atoms with Crippen molar-refractivity contribution < 1.29 is 0 Å². The van der Waals surface area contributed by atoms with Crippen LogP contribution in [0.15, 0.2) is 18.2 Å². The Bertz CT molecular complexity index is 304. The van der Waals surface area contributed by atoms with E-state index < -0.39 is 0 Å². The maximum Gasteiger partial charge on any atom is 0.0426 e. The first-order valence-electron chi connectivity index (χ1n) is 4.42. The van der Waals surface area contributed by atoms with Gasteiger partial charge in [0, 0.05) is 4.83 Å². The molecule has 1 aliphatic carbocycles. The monoisotopic (exact) mass is 224 g/mol. The van der Waals surface area contributed by atoms with Gasteiger partial charge >= 0.3 is 0 Å². The Morgan fingerprint density at radius 2 is 2.17 bits per heavy atom. The summed E-state index contributed by atoms with van der Waals surface area (Å²) in [5, 5.41) is 0. The third kappa shape index (κ3) is 1.11. The van der Waals surface area contributed by atoms with Gasteiger partial charge in [-0.2, -0.15) is 0 Å². The largest absolute Gasteiger partial charge is 0.0836 e. The minimum Gasteiger partial charge on any atom is -0.0836 e. The number of hydrogen-bond acceptors (Lipinski definition) is 0. The molecule has 12 heavy (non-hydrogen) atoms. The molecule has 0 amide bonds. The number of halogens is 1. The van der Waals surface area contributed by atoms with Crippen LogP contribution in [-0.2, 0) is 6.42 Å². The van der Waals surface area contributed by atoms with Crippen LogP contribution >= 0.6 is 15.9 Å². The van der Waals surface area contributed by atoms with E-state index in [0.717, 1.165) is 5.92 Å². The Labute approximate surface area is 82.1 Å². The average molecular weight is 225 g/mol. The summed E-state index contributed by atoms with van der Waals surface area (Å²) < 4.78 is 0. The molecule has 0 aromatic heterocycles. The highest BCUT2D eigenvalue weighted by Gasteiger charge is 2.27. The van der Waals surface area contributed by atoms with E-state index in [4.69, 9.17) is 0 Å². The summed E-state index contributed by atoms with van der Waals surface area (Å²) in [5.74, 6) is 0.751. The Hall–Kier alpha value is -0.300. The summed E-state index contributed by atoms with van der Waals surface area (Å²) in [6, 6.07) is 6.60. The van der Waals surface area contributed by atoms with Gasteiger partial charge in [0.1, 0.15) is 0 Å². The van der Waals surface area contributed by atoms with Gasteiger partial charge in [-0.05, 0) is 36.0 Å². The van der Waals surface area contributed by atoms with Crippen LogP contribution in [0.25, 0.3) is 0 Å². The van der Waals surface area contributed by atoms with Crippen molar-refractivity contribution in [2.45, 2.75) is 25.1 Å². The molecule has 1 aliphatic rings. The van der Waals surface area contributed by atoms with Gasteiger partial charge in [-0.1, -0.05) is 41.1 Å². The number of alkyl halides is 1. The standard InChI is InChI=1S/C11H13Br/c1-7-4-3-5-9-10(7)6-8(2)11(9)12/h3-5,8,11H,6H2,1-2H3. The molecule has 0 bridgehead atoms. The Balaban J connectivity index is 2.53. The molecule has 1 aromatic carbocycles. The van der Waals surface area contributed by atoms with E-state index in [1.54, 1.807) is 5.56 Å². The molecule has 0 spiro atoms. The highest BCUT2D eigenvalue weighted by Crippen LogP contribution is 2.42. The topological polar surface area (TPSA) is 0 Å². The Morgan fingerprint density at radius 3 is 2.83 bits per heavy atom. The van der Waals surface area contributed by atoms with E-state index >= 15 is 0 Å². The second-order valence-corrected chi connectivity index (χ2v) is 4.71. The van der Waals surface area contributed by atoms with Gasteiger partial charge in [0.15, 0.2) is 0 Å². The Morgan fingerprint density at radius 1 is 1.42 bits per heavy atom. The summed E-state index contributed by atoms with van der Waals surface area (Å²) in [6.07, 6.45) is 1.23. The van der Waals surface area contributed by atoms with Crippen LogP contribution in [-0.4, -0.2) is 0 Å². The SMILES string of the molecule is Cc1cccc2c1CC(C)C2Br. The highest BCUT2D eigenvalue weighted by molar-refractivity contribution is 9.09. The first-order valence-corrected chi connectivity index (χ1v) is 5.34. The minimum atomic E-state index is 0.576. The fraction of sp³-hybridized carbons (Fsp3) is 0.455. The number of rotatable bonds is 0. The molecule has 0 aliphatic heterocycles. The summed E-state index contributed by atoms with van der Waals surface area (Å²) in [6.45, 7) is 4.51. The van der Waals surface area contributed by atoms with E-state index in [1.165, 1.54) is 17.5 Å². The molecule has 2 unspecified atom stereocenters. The van der Waals surface area contributed by atoms with Crippen LogP contribution in [0.1, 0.15) is 28.4 Å². The first kappa shape index (κ1) is 8.31. The maximum absolute atomic E-state index is 3.74. The van der Waals surface area contributed by atoms with Gasteiger partial charge in [0.2, 0.25) is 0 Å². The van der Waals surface area contributed by atoms with Crippen molar-refractivity contribution in [2.75, 3.05) is 0 Å². The number of benzene rings is 1. The first-order chi connectivity index (χ1) is 5.70. The predicted molar refractivity (Wildman–Crippen MR) is 55.7 cm³/mol. The molecule has 1 heteroatoms. The van der Waals surface area contributed by atoms with E-state index in [1.807, 2.05) is 0 Å². The summed E-state index contributed by atoms with van der Waals surface area (Å²) in [4.78, 5) is 0.576. The third-order valence-corrected chi connectivity index (χ3v) is 4.17. The zero-order chi connectivity index (χ0) is 8.72. The van der Waals surface area contributed by atoms with Crippen molar-refractivity contribution in [3.8, 4) is 0 Å². The van der Waals surface area contributed by atoms with Crippen LogP contribution in [0.2, 0.25) is 0 Å². The number of aryl methyl sites for hydroxylation is 1. The van der Waals surface area contributed by atoms with Crippen LogP contribution in [0.4, 0.5) is 0 Å². The second-order valence-electron chi connectivity index (χ2n) is 3.73. The van der Waals surface area contributed by atoms with Gasteiger partial charge in [-0.25, -0.2) is 0 Å². The van der Waals surface area contributed by atoms with Gasteiger partial charge in [0.05, 0.1) is 0 Å². The zero-order valence-electron chi connectivity index (χ0n) is 7.47. The van der Waals surface area contributed by atoms with E-state index in [0.29, 0.717) is 4.83 Å². The van der Waals surface area contributed by atoms with Crippen molar-refractivity contribution in [3.63, 3.8) is 0 Å². The van der Waals surface area contributed by atoms with Gasteiger partial charge in [0.25, 0.3) is 0 Å². The molecule has 0 fully saturated rings. The quantitative estimate of drug-likeness (QED) is 0.591. The van der Waals surface area contributed by atoms with Crippen molar-refractivity contribution in [3.05, 3.63) is 34.9 Å². The van der Waals surface area contributed by atoms with Crippen molar-refractivity contribution in [1.82, 2.24) is 0 Å². The smallest absolute Gasteiger partial charge is 0.0426 e. The predicted octanol–water partition coefficient (Wildman–Crippen LogP) is 3.62. The summed E-state index contributed by atoms with van der Waals surface area (Å²) >= 11 is 3.74. The zero-order valence-corrected chi connectivity index (χ0v) is 9.06. The lowest BCUT2D eigenvalue weighted by atomic mass is 10.1. The van der Waals surface area contributed by atoms with Gasteiger partial charge < -0.3 is 0 Å². The van der Waals surface area contributed by atoms with Crippen molar-refractivity contribution in [1.29, 1.82) is 0 Å². The fourth-order valence-electron chi connectivity index (χ4n) is 1.99. The van der Waals surface area contributed by atoms with E-state index in [-0.39, 0.29) is 0 Å². The number of hydrogen-bond donors (Lipinski definition) is 0. The van der Waals surface area contributed by atoms with Gasteiger partial charge in [-0.3, -0.25) is 0 Å². The lowest BCUT2D eigenvalue weighted by molar-refractivity contribution is 0.622. The normalized spacial score (nSPS) is 27.2. The fourth-order valence-corrected chi connectivity index (χ4v) is 2.61. The molecule has 0 saturated carbocycles.